The van der Waals surface area contributed by atoms with Gasteiger partial charge in [-0.15, -0.1) is 10.2 Å². The van der Waals surface area contributed by atoms with E-state index >= 15 is 0 Å². The number of amides is 3. The minimum Gasteiger partial charge on any atom is -0.480 e. The minimum atomic E-state index is -0.421. The van der Waals surface area contributed by atoms with Gasteiger partial charge in [0, 0.05) is 16.7 Å². The molecule has 2 aliphatic heterocycles. The molecule has 0 radical (unpaired) electrons. The number of methoxy groups -OCH3 is 1. The maximum absolute atomic E-state index is 12.9. The molecular weight excluding hydrogens is 424 g/mol. The van der Waals surface area contributed by atoms with Crippen LogP contribution < -0.4 is 10.1 Å². The van der Waals surface area contributed by atoms with E-state index < -0.39 is 24.2 Å². The van der Waals surface area contributed by atoms with E-state index in [-0.39, 0.29) is 6.54 Å². The number of ether oxygens (including phenoxy) is 2. The summed E-state index contributed by atoms with van der Waals surface area (Å²) in [4.78, 5) is 26.7. The number of urea groups is 1. The summed E-state index contributed by atoms with van der Waals surface area (Å²) >= 11 is 6.00. The van der Waals surface area contributed by atoms with Crippen molar-refractivity contribution < 1.29 is 19.1 Å². The molecule has 2 aromatic rings. The molecule has 0 unspecified atom stereocenters. The molecule has 1 saturated heterocycles. The number of carbonyl (C=O) groups is 2. The van der Waals surface area contributed by atoms with Crippen LogP contribution in [0, 0.1) is 0 Å². The van der Waals surface area contributed by atoms with Crippen LogP contribution in [0.15, 0.2) is 41.5 Å². The number of hydrogen-bond acceptors (Lipinski definition) is 7. The number of aromatic nitrogens is 2. The molecule has 0 aliphatic carbocycles. The monoisotopic (exact) mass is 444 g/mol. The van der Waals surface area contributed by atoms with E-state index in [0.29, 0.717) is 35.5 Å². The van der Waals surface area contributed by atoms with Gasteiger partial charge in [0.15, 0.2) is 0 Å². The van der Waals surface area contributed by atoms with Gasteiger partial charge in [-0.2, -0.15) is 5.10 Å². The Kier molecular flexibility index (Phi) is 5.90. The zero-order valence-electron chi connectivity index (χ0n) is 17.0. The Morgan fingerprint density at radius 3 is 2.65 bits per heavy atom. The van der Waals surface area contributed by atoms with Crippen molar-refractivity contribution in [2.45, 2.75) is 19.0 Å². The van der Waals surface area contributed by atoms with Crippen LogP contribution in [0.5, 0.6) is 5.88 Å². The Morgan fingerprint density at radius 1 is 1.26 bits per heavy atom. The van der Waals surface area contributed by atoms with Gasteiger partial charge in [-0.1, -0.05) is 23.7 Å². The Bertz CT molecular complexity index is 998. The van der Waals surface area contributed by atoms with Crippen LogP contribution in [0.3, 0.4) is 0 Å². The predicted molar refractivity (Wildman–Crippen MR) is 112 cm³/mol. The summed E-state index contributed by atoms with van der Waals surface area (Å²) in [5.74, 6) is 0.388. The van der Waals surface area contributed by atoms with Crippen molar-refractivity contribution in [3.63, 3.8) is 0 Å². The van der Waals surface area contributed by atoms with Crippen molar-refractivity contribution in [2.24, 2.45) is 5.10 Å². The van der Waals surface area contributed by atoms with E-state index in [1.807, 2.05) is 12.1 Å². The van der Waals surface area contributed by atoms with Crippen LogP contribution >= 0.6 is 11.6 Å². The first-order valence-electron chi connectivity index (χ1n) is 9.69. The van der Waals surface area contributed by atoms with Gasteiger partial charge >= 0.3 is 12.1 Å². The Balaban J connectivity index is 1.53. The van der Waals surface area contributed by atoms with E-state index in [1.54, 1.807) is 36.1 Å². The van der Waals surface area contributed by atoms with Crippen LogP contribution in [0.4, 0.5) is 9.59 Å². The van der Waals surface area contributed by atoms with Gasteiger partial charge in [0.2, 0.25) is 5.88 Å². The van der Waals surface area contributed by atoms with Crippen molar-refractivity contribution in [2.75, 3.05) is 26.8 Å². The van der Waals surface area contributed by atoms with Gasteiger partial charge in [0.1, 0.15) is 6.61 Å². The molecule has 10 nitrogen and oxygen atoms in total. The highest BCUT2D eigenvalue weighted by molar-refractivity contribution is 6.30. The first-order valence-corrected chi connectivity index (χ1v) is 10.1. The molecular formula is C20H21ClN6O4. The quantitative estimate of drug-likeness (QED) is 0.758. The second-order valence-electron chi connectivity index (χ2n) is 7.07. The summed E-state index contributed by atoms with van der Waals surface area (Å²) in [5.41, 5.74) is 1.95. The highest BCUT2D eigenvalue weighted by atomic mass is 35.5. The lowest BCUT2D eigenvalue weighted by atomic mass is 10.0. The van der Waals surface area contributed by atoms with Crippen molar-refractivity contribution >= 4 is 29.4 Å². The lowest BCUT2D eigenvalue weighted by molar-refractivity contribution is 0.150. The van der Waals surface area contributed by atoms with Gasteiger partial charge in [-0.05, 0) is 25.1 Å². The number of halogens is 1. The number of rotatable bonds is 5. The zero-order chi connectivity index (χ0) is 22.0. The largest absolute Gasteiger partial charge is 0.480 e. The lowest BCUT2D eigenvalue weighted by Gasteiger charge is -2.23. The van der Waals surface area contributed by atoms with Crippen LogP contribution in [-0.4, -0.2) is 70.8 Å². The van der Waals surface area contributed by atoms with E-state index in [9.17, 15) is 9.59 Å². The molecule has 3 amide bonds. The first kappa shape index (κ1) is 20.9. The van der Waals surface area contributed by atoms with Gasteiger partial charge < -0.3 is 14.8 Å². The zero-order valence-corrected chi connectivity index (χ0v) is 17.7. The number of cyclic esters (lactones) is 1. The molecule has 162 valence electrons. The van der Waals surface area contributed by atoms with Crippen molar-refractivity contribution in [1.82, 2.24) is 25.4 Å². The average Bonchev–Trinajstić information content (AvgIpc) is 3.40. The van der Waals surface area contributed by atoms with Gasteiger partial charge in [-0.3, -0.25) is 4.90 Å². The van der Waals surface area contributed by atoms with Crippen molar-refractivity contribution in [3.8, 4) is 5.88 Å². The molecule has 11 heteroatoms. The number of nitrogens with zero attached hydrogens (tertiary/aromatic N) is 5. The normalized spacial score (nSPS) is 19.1. The van der Waals surface area contributed by atoms with Crippen molar-refractivity contribution in [1.29, 1.82) is 0 Å². The maximum Gasteiger partial charge on any atom is 0.410 e. The number of carbonyl (C=O) groups excluding carboxylic acids is 2. The smallest absolute Gasteiger partial charge is 0.410 e. The summed E-state index contributed by atoms with van der Waals surface area (Å²) in [7, 11) is 1.51. The summed E-state index contributed by atoms with van der Waals surface area (Å²) < 4.78 is 10.1. The highest BCUT2D eigenvalue weighted by Crippen LogP contribution is 2.23. The molecule has 1 aromatic heterocycles. The van der Waals surface area contributed by atoms with E-state index in [2.05, 4.69) is 20.6 Å². The maximum atomic E-state index is 12.9. The fourth-order valence-electron chi connectivity index (χ4n) is 3.43. The molecule has 1 N–H and O–H groups in total. The third-order valence-corrected chi connectivity index (χ3v) is 5.34. The van der Waals surface area contributed by atoms with E-state index in [1.165, 1.54) is 12.1 Å². The van der Waals surface area contributed by atoms with Crippen LogP contribution in [0.1, 0.15) is 24.2 Å². The van der Waals surface area contributed by atoms with Crippen LogP contribution in [0.25, 0.3) is 0 Å². The van der Waals surface area contributed by atoms with Crippen LogP contribution in [0.2, 0.25) is 5.02 Å². The Morgan fingerprint density at radius 2 is 2.03 bits per heavy atom. The number of nitrogens with one attached hydrogen (secondary N) is 1. The van der Waals surface area contributed by atoms with Crippen LogP contribution in [-0.2, 0) is 4.74 Å². The summed E-state index contributed by atoms with van der Waals surface area (Å²) in [6.07, 6.45) is -0.421. The number of hydrazone groups is 1. The number of benzene rings is 1. The van der Waals surface area contributed by atoms with Gasteiger partial charge in [0.25, 0.3) is 0 Å². The number of hydrogen-bond donors (Lipinski definition) is 1. The van der Waals surface area contributed by atoms with Crippen molar-refractivity contribution in [3.05, 3.63) is 52.7 Å². The second-order valence-corrected chi connectivity index (χ2v) is 7.51. The fourth-order valence-corrected chi connectivity index (χ4v) is 3.55. The second kappa shape index (κ2) is 8.76. The molecule has 2 aliphatic rings. The third-order valence-electron chi connectivity index (χ3n) is 5.09. The summed E-state index contributed by atoms with van der Waals surface area (Å²) in [5, 5.41) is 17.3. The standard InChI is InChI=1S/C20H21ClN6O4/c1-12(15-7-8-17(30-2)24-23-15)22-19(28)27-11-16(26-9-10-31-20(26)29)18(25-27)13-3-5-14(21)6-4-13/h3-8,12,16H,9-11H2,1-2H3,(H,22,28)/t12-,16-/m1/s1. The van der Waals surface area contributed by atoms with Gasteiger partial charge in [0.05, 0.1) is 43.7 Å². The van der Waals surface area contributed by atoms with Gasteiger partial charge in [-0.25, -0.2) is 14.6 Å². The topological polar surface area (TPSA) is 109 Å². The summed E-state index contributed by atoms with van der Waals surface area (Å²) in [6, 6.07) is 9.27. The molecule has 1 fully saturated rings. The first-order chi connectivity index (χ1) is 15.0. The Hall–Kier alpha value is -3.40. The molecule has 2 atom stereocenters. The third kappa shape index (κ3) is 4.38. The molecule has 1 aromatic carbocycles. The highest BCUT2D eigenvalue weighted by Gasteiger charge is 2.40. The molecule has 31 heavy (non-hydrogen) atoms. The molecule has 3 heterocycles. The molecule has 0 bridgehead atoms. The fraction of sp³-hybridized carbons (Fsp3) is 0.350. The Labute approximate surface area is 183 Å². The van der Waals surface area contributed by atoms with E-state index in [4.69, 9.17) is 21.1 Å². The molecule has 0 saturated carbocycles. The molecule has 4 rings (SSSR count). The predicted octanol–water partition coefficient (Wildman–Crippen LogP) is 2.45. The SMILES string of the molecule is COc1ccc([C@@H](C)NC(=O)N2C[C@@H](N3CCOC3=O)C(c3ccc(Cl)cc3)=N2)nn1. The lowest BCUT2D eigenvalue weighted by Crippen LogP contribution is -2.46. The van der Waals surface area contributed by atoms with E-state index in [0.717, 1.165) is 5.56 Å². The minimum absolute atomic E-state index is 0.208. The molecule has 0 spiro atoms. The average molecular weight is 445 g/mol. The summed E-state index contributed by atoms with van der Waals surface area (Å²) in [6.45, 7) is 2.75.